The molecule has 0 bridgehead atoms. The summed E-state index contributed by atoms with van der Waals surface area (Å²) in [5, 5.41) is 6.63. The van der Waals surface area contributed by atoms with Crippen LogP contribution in [0.2, 0.25) is 0 Å². The van der Waals surface area contributed by atoms with E-state index in [0.29, 0.717) is 0 Å². The summed E-state index contributed by atoms with van der Waals surface area (Å²) in [6, 6.07) is 10.4. The first-order valence-electron chi connectivity index (χ1n) is 6.33. The molecule has 0 atom stereocenters. The fourth-order valence-electron chi connectivity index (χ4n) is 2.17. The van der Waals surface area contributed by atoms with Crippen molar-refractivity contribution in [3.05, 3.63) is 47.0 Å². The Morgan fingerprint density at radius 2 is 1.89 bits per heavy atom. The molecule has 3 rings (SSSR count). The normalized spacial score (nSPS) is 15.7. The Labute approximate surface area is 111 Å². The van der Waals surface area contributed by atoms with E-state index in [0.717, 1.165) is 36.6 Å². The van der Waals surface area contributed by atoms with Gasteiger partial charge in [-0.2, -0.15) is 0 Å². The van der Waals surface area contributed by atoms with E-state index in [1.54, 1.807) is 11.3 Å². The molecule has 18 heavy (non-hydrogen) atoms. The number of hydrogen-bond acceptors (Lipinski definition) is 3. The smallest absolute Gasteiger partial charge is 0.124 e. The van der Waals surface area contributed by atoms with Gasteiger partial charge in [0.1, 0.15) is 5.01 Å². The molecule has 1 aliphatic heterocycles. The van der Waals surface area contributed by atoms with Gasteiger partial charge in [-0.05, 0) is 32.0 Å². The summed E-state index contributed by atoms with van der Waals surface area (Å²) in [4.78, 5) is 4.70. The van der Waals surface area contributed by atoms with E-state index in [9.17, 15) is 0 Å². The molecular formula is C15H16N2S. The van der Waals surface area contributed by atoms with Gasteiger partial charge in [-0.15, -0.1) is 11.3 Å². The van der Waals surface area contributed by atoms with Crippen LogP contribution in [0.1, 0.15) is 18.5 Å². The molecule has 1 aliphatic rings. The van der Waals surface area contributed by atoms with Gasteiger partial charge in [0.15, 0.2) is 0 Å². The molecule has 92 valence electrons. The van der Waals surface area contributed by atoms with Crippen molar-refractivity contribution in [3.8, 4) is 10.6 Å². The van der Waals surface area contributed by atoms with Gasteiger partial charge in [0.05, 0.1) is 5.69 Å². The third kappa shape index (κ3) is 2.68. The van der Waals surface area contributed by atoms with Crippen molar-refractivity contribution in [2.24, 2.45) is 0 Å². The number of nitrogens with one attached hydrogen (secondary N) is 1. The maximum atomic E-state index is 4.70. The molecule has 0 aliphatic carbocycles. The number of aromatic nitrogens is 1. The Balaban J connectivity index is 1.81. The van der Waals surface area contributed by atoms with Crippen LogP contribution < -0.4 is 5.32 Å². The summed E-state index contributed by atoms with van der Waals surface area (Å²) in [6.07, 6.45) is 4.56. The minimum absolute atomic E-state index is 1.10. The molecule has 0 spiro atoms. The van der Waals surface area contributed by atoms with Crippen molar-refractivity contribution in [2.75, 3.05) is 13.1 Å². The summed E-state index contributed by atoms with van der Waals surface area (Å²) >= 11 is 1.72. The van der Waals surface area contributed by atoms with Gasteiger partial charge in [-0.25, -0.2) is 4.98 Å². The molecule has 1 N–H and O–H groups in total. The molecule has 2 aromatic rings. The van der Waals surface area contributed by atoms with Crippen LogP contribution in [0.25, 0.3) is 16.6 Å². The standard InChI is InChI=1S/C15H16N2S/c1-2-4-13(5-3-1)15-17-14(11-18-15)10-12-6-8-16-9-7-12/h1-5,10-11,16H,6-9H2. The Bertz CT molecular complexity index is 535. The summed E-state index contributed by atoms with van der Waals surface area (Å²) in [5.41, 5.74) is 3.83. The van der Waals surface area contributed by atoms with Crippen LogP contribution in [-0.2, 0) is 0 Å². The number of piperidine rings is 1. The predicted octanol–water partition coefficient (Wildman–Crippen LogP) is 3.58. The second kappa shape index (κ2) is 5.46. The van der Waals surface area contributed by atoms with E-state index in [-0.39, 0.29) is 0 Å². The summed E-state index contributed by atoms with van der Waals surface area (Å²) in [6.45, 7) is 2.20. The molecule has 1 fully saturated rings. The summed E-state index contributed by atoms with van der Waals surface area (Å²) in [5.74, 6) is 0. The number of rotatable bonds is 2. The highest BCUT2D eigenvalue weighted by molar-refractivity contribution is 7.13. The van der Waals surface area contributed by atoms with Crippen molar-refractivity contribution < 1.29 is 0 Å². The van der Waals surface area contributed by atoms with E-state index in [4.69, 9.17) is 4.98 Å². The molecule has 0 saturated carbocycles. The number of hydrogen-bond donors (Lipinski definition) is 1. The van der Waals surface area contributed by atoms with Crippen LogP contribution in [-0.4, -0.2) is 18.1 Å². The zero-order valence-corrected chi connectivity index (χ0v) is 11.0. The third-order valence-electron chi connectivity index (χ3n) is 3.14. The fourth-order valence-corrected chi connectivity index (χ4v) is 2.95. The minimum Gasteiger partial charge on any atom is -0.316 e. The highest BCUT2D eigenvalue weighted by atomic mass is 32.1. The maximum Gasteiger partial charge on any atom is 0.124 e. The zero-order chi connectivity index (χ0) is 12.2. The molecule has 1 aromatic heterocycles. The molecule has 3 heteroatoms. The minimum atomic E-state index is 1.10. The van der Waals surface area contributed by atoms with Crippen molar-refractivity contribution >= 4 is 17.4 Å². The number of benzene rings is 1. The van der Waals surface area contributed by atoms with Gasteiger partial charge >= 0.3 is 0 Å². The van der Waals surface area contributed by atoms with Crippen LogP contribution in [0.3, 0.4) is 0 Å². The SMILES string of the molecule is C(=C1CCNCC1)c1csc(-c2ccccc2)n1. The molecule has 1 saturated heterocycles. The Morgan fingerprint density at radius 3 is 2.67 bits per heavy atom. The largest absolute Gasteiger partial charge is 0.316 e. The molecular weight excluding hydrogens is 240 g/mol. The monoisotopic (exact) mass is 256 g/mol. The first kappa shape index (κ1) is 11.6. The summed E-state index contributed by atoms with van der Waals surface area (Å²) < 4.78 is 0. The second-order valence-corrected chi connectivity index (χ2v) is 5.35. The fraction of sp³-hybridized carbons (Fsp3) is 0.267. The molecule has 0 amide bonds. The van der Waals surface area contributed by atoms with Crippen LogP contribution in [0.4, 0.5) is 0 Å². The molecule has 0 radical (unpaired) electrons. The molecule has 1 aromatic carbocycles. The lowest BCUT2D eigenvalue weighted by Crippen LogP contribution is -2.22. The third-order valence-corrected chi connectivity index (χ3v) is 4.05. The first-order chi connectivity index (χ1) is 8.92. The van der Waals surface area contributed by atoms with Gasteiger partial charge in [0.25, 0.3) is 0 Å². The highest BCUT2D eigenvalue weighted by Gasteiger charge is 2.06. The van der Waals surface area contributed by atoms with Gasteiger partial charge in [0.2, 0.25) is 0 Å². The van der Waals surface area contributed by atoms with Crippen LogP contribution in [0, 0.1) is 0 Å². The van der Waals surface area contributed by atoms with E-state index in [1.165, 1.54) is 11.1 Å². The first-order valence-corrected chi connectivity index (χ1v) is 7.21. The molecule has 2 heterocycles. The van der Waals surface area contributed by atoms with Crippen LogP contribution >= 0.6 is 11.3 Å². The van der Waals surface area contributed by atoms with Crippen molar-refractivity contribution in [3.63, 3.8) is 0 Å². The average molecular weight is 256 g/mol. The number of nitrogens with zero attached hydrogens (tertiary/aromatic N) is 1. The average Bonchev–Trinajstić information content (AvgIpc) is 2.89. The lowest BCUT2D eigenvalue weighted by atomic mass is 10.0. The highest BCUT2D eigenvalue weighted by Crippen LogP contribution is 2.25. The quantitative estimate of drug-likeness (QED) is 0.888. The van der Waals surface area contributed by atoms with Gasteiger partial charge in [-0.1, -0.05) is 35.9 Å². The van der Waals surface area contributed by atoms with E-state index >= 15 is 0 Å². The lowest BCUT2D eigenvalue weighted by Gasteiger charge is -2.14. The summed E-state index contributed by atoms with van der Waals surface area (Å²) in [7, 11) is 0. The Kier molecular flexibility index (Phi) is 3.53. The van der Waals surface area contributed by atoms with Gasteiger partial charge in [0, 0.05) is 10.9 Å². The Hall–Kier alpha value is -1.45. The van der Waals surface area contributed by atoms with E-state index < -0.39 is 0 Å². The maximum absolute atomic E-state index is 4.70. The molecule has 2 nitrogen and oxygen atoms in total. The topological polar surface area (TPSA) is 24.9 Å². The van der Waals surface area contributed by atoms with Crippen LogP contribution in [0.15, 0.2) is 41.3 Å². The second-order valence-electron chi connectivity index (χ2n) is 4.50. The molecule has 0 unspecified atom stereocenters. The van der Waals surface area contributed by atoms with Crippen molar-refractivity contribution in [1.82, 2.24) is 10.3 Å². The van der Waals surface area contributed by atoms with Gasteiger partial charge in [-0.3, -0.25) is 0 Å². The van der Waals surface area contributed by atoms with Crippen molar-refractivity contribution in [1.29, 1.82) is 0 Å². The van der Waals surface area contributed by atoms with E-state index in [1.807, 2.05) is 6.07 Å². The predicted molar refractivity (Wildman–Crippen MR) is 77.6 cm³/mol. The lowest BCUT2D eigenvalue weighted by molar-refractivity contribution is 0.613. The van der Waals surface area contributed by atoms with Crippen molar-refractivity contribution in [2.45, 2.75) is 12.8 Å². The van der Waals surface area contributed by atoms with Crippen LogP contribution in [0.5, 0.6) is 0 Å². The Morgan fingerprint density at radius 1 is 1.11 bits per heavy atom. The number of thiazole rings is 1. The van der Waals surface area contributed by atoms with Gasteiger partial charge < -0.3 is 5.32 Å². The van der Waals surface area contributed by atoms with E-state index in [2.05, 4.69) is 41.0 Å². The zero-order valence-electron chi connectivity index (χ0n) is 10.2.